The zero-order valence-corrected chi connectivity index (χ0v) is 14.9. The highest BCUT2D eigenvalue weighted by Crippen LogP contribution is 2.47. The average molecular weight is 371 g/mol. The van der Waals surface area contributed by atoms with Gasteiger partial charge in [-0.1, -0.05) is 30.3 Å². The normalized spacial score (nSPS) is 18.0. The van der Waals surface area contributed by atoms with Gasteiger partial charge in [-0.3, -0.25) is 4.79 Å². The standard InChI is InChI=1S/C21H17N5O2/c27-21(16-12-15(16)14-6-2-1-3-7-14)24-18-13-19(26-10-5-9-22-26)25-20(23-18)17-8-4-11-28-17/h1-11,13,15-16H,12H2,(H,23,24,25,27)/t15-,16?/m1/s1. The van der Waals surface area contributed by atoms with Crippen molar-refractivity contribution in [3.63, 3.8) is 0 Å². The lowest BCUT2D eigenvalue weighted by Crippen LogP contribution is -2.16. The molecule has 1 aliphatic rings. The van der Waals surface area contributed by atoms with Crippen molar-refractivity contribution >= 4 is 11.7 Å². The van der Waals surface area contributed by atoms with E-state index in [0.717, 1.165) is 6.42 Å². The van der Waals surface area contributed by atoms with Gasteiger partial charge in [0.1, 0.15) is 5.82 Å². The van der Waals surface area contributed by atoms with Crippen molar-refractivity contribution < 1.29 is 9.21 Å². The van der Waals surface area contributed by atoms with E-state index in [4.69, 9.17) is 4.42 Å². The molecule has 3 heterocycles. The zero-order valence-electron chi connectivity index (χ0n) is 14.9. The minimum absolute atomic E-state index is 0.0376. The Bertz CT molecular complexity index is 1040. The quantitative estimate of drug-likeness (QED) is 0.578. The van der Waals surface area contributed by atoms with Gasteiger partial charge >= 0.3 is 0 Å². The molecule has 4 aromatic rings. The maximum atomic E-state index is 12.7. The van der Waals surface area contributed by atoms with E-state index in [-0.39, 0.29) is 17.7 Å². The molecule has 0 spiro atoms. The van der Waals surface area contributed by atoms with Crippen LogP contribution in [0.1, 0.15) is 17.9 Å². The summed E-state index contributed by atoms with van der Waals surface area (Å²) in [6.45, 7) is 0. The number of amides is 1. The lowest BCUT2D eigenvalue weighted by Gasteiger charge is -2.09. The van der Waals surface area contributed by atoms with Gasteiger partial charge in [0, 0.05) is 24.4 Å². The van der Waals surface area contributed by atoms with Gasteiger partial charge < -0.3 is 9.73 Å². The number of nitrogens with zero attached hydrogens (tertiary/aromatic N) is 4. The van der Waals surface area contributed by atoms with Gasteiger partial charge in [-0.05, 0) is 36.1 Å². The van der Waals surface area contributed by atoms with E-state index in [9.17, 15) is 4.79 Å². The van der Waals surface area contributed by atoms with Crippen molar-refractivity contribution in [3.8, 4) is 17.4 Å². The van der Waals surface area contributed by atoms with Crippen molar-refractivity contribution in [2.45, 2.75) is 12.3 Å². The van der Waals surface area contributed by atoms with Crippen LogP contribution in [0.2, 0.25) is 0 Å². The van der Waals surface area contributed by atoms with Crippen molar-refractivity contribution in [2.75, 3.05) is 5.32 Å². The first-order chi connectivity index (χ1) is 13.8. The minimum Gasteiger partial charge on any atom is -0.461 e. The monoisotopic (exact) mass is 371 g/mol. The van der Waals surface area contributed by atoms with Gasteiger partial charge in [0.2, 0.25) is 5.91 Å². The molecule has 1 unspecified atom stereocenters. The number of carbonyl (C=O) groups is 1. The van der Waals surface area contributed by atoms with Crippen LogP contribution in [0.25, 0.3) is 17.4 Å². The Morgan fingerprint density at radius 2 is 2.00 bits per heavy atom. The summed E-state index contributed by atoms with van der Waals surface area (Å²) in [6, 6.07) is 17.2. The molecule has 0 aliphatic heterocycles. The van der Waals surface area contributed by atoms with Crippen molar-refractivity contribution in [1.82, 2.24) is 19.7 Å². The summed E-state index contributed by atoms with van der Waals surface area (Å²) < 4.78 is 7.04. The predicted octanol–water partition coefficient (Wildman–Crippen LogP) is 3.66. The molecular weight excluding hydrogens is 354 g/mol. The van der Waals surface area contributed by atoms with Crippen LogP contribution in [0.5, 0.6) is 0 Å². The number of carbonyl (C=O) groups excluding carboxylic acids is 1. The molecule has 28 heavy (non-hydrogen) atoms. The molecule has 0 radical (unpaired) electrons. The van der Waals surface area contributed by atoms with Crippen molar-refractivity contribution in [2.24, 2.45) is 5.92 Å². The number of aromatic nitrogens is 4. The molecule has 1 saturated carbocycles. The van der Waals surface area contributed by atoms with E-state index >= 15 is 0 Å². The third-order valence-electron chi connectivity index (χ3n) is 4.80. The highest BCUT2D eigenvalue weighted by atomic mass is 16.3. The second kappa shape index (κ2) is 6.77. The molecule has 3 aromatic heterocycles. The Morgan fingerprint density at radius 1 is 1.11 bits per heavy atom. The van der Waals surface area contributed by atoms with Crippen LogP contribution in [0.3, 0.4) is 0 Å². The Balaban J connectivity index is 1.41. The highest BCUT2D eigenvalue weighted by molar-refractivity contribution is 5.94. The number of rotatable bonds is 5. The molecule has 7 nitrogen and oxygen atoms in total. The SMILES string of the molecule is O=C(Nc1cc(-n2cccn2)nc(-c2ccco2)n1)C1C[C@@H]1c1ccccc1. The number of hydrogen-bond acceptors (Lipinski definition) is 5. The van der Waals surface area contributed by atoms with Crippen LogP contribution in [-0.4, -0.2) is 25.7 Å². The number of anilines is 1. The summed E-state index contributed by atoms with van der Waals surface area (Å²) in [5, 5.41) is 7.15. The molecule has 7 heteroatoms. The fraction of sp³-hybridized carbons (Fsp3) is 0.143. The molecule has 0 saturated heterocycles. The Hall–Kier alpha value is -3.74. The van der Waals surface area contributed by atoms with Gasteiger partial charge in [0.25, 0.3) is 0 Å². The number of nitrogens with one attached hydrogen (secondary N) is 1. The van der Waals surface area contributed by atoms with E-state index in [1.807, 2.05) is 24.3 Å². The molecule has 2 atom stereocenters. The average Bonchev–Trinajstić information content (AvgIpc) is 3.12. The first-order valence-electron chi connectivity index (χ1n) is 9.07. The summed E-state index contributed by atoms with van der Waals surface area (Å²) in [5.41, 5.74) is 1.19. The van der Waals surface area contributed by atoms with Gasteiger partial charge in [0.15, 0.2) is 17.4 Å². The van der Waals surface area contributed by atoms with E-state index in [2.05, 4.69) is 32.5 Å². The molecule has 1 aliphatic carbocycles. The van der Waals surface area contributed by atoms with Gasteiger partial charge in [0.05, 0.1) is 6.26 Å². The smallest absolute Gasteiger partial charge is 0.229 e. The lowest BCUT2D eigenvalue weighted by molar-refractivity contribution is -0.117. The zero-order chi connectivity index (χ0) is 18.9. The lowest BCUT2D eigenvalue weighted by atomic mass is 10.1. The Kier molecular flexibility index (Phi) is 3.97. The maximum absolute atomic E-state index is 12.7. The fourth-order valence-electron chi connectivity index (χ4n) is 3.31. The van der Waals surface area contributed by atoms with Crippen LogP contribution in [0.15, 0.2) is 77.7 Å². The molecule has 1 aromatic carbocycles. The molecule has 138 valence electrons. The third-order valence-corrected chi connectivity index (χ3v) is 4.80. The first-order valence-corrected chi connectivity index (χ1v) is 9.07. The number of hydrogen-bond donors (Lipinski definition) is 1. The Morgan fingerprint density at radius 3 is 2.75 bits per heavy atom. The summed E-state index contributed by atoms with van der Waals surface area (Å²) in [5.74, 6) is 2.08. The molecule has 5 rings (SSSR count). The van der Waals surface area contributed by atoms with Crippen molar-refractivity contribution in [3.05, 3.63) is 78.8 Å². The van der Waals surface area contributed by atoms with Crippen LogP contribution in [0, 0.1) is 5.92 Å². The van der Waals surface area contributed by atoms with Crippen LogP contribution in [-0.2, 0) is 4.79 Å². The highest BCUT2D eigenvalue weighted by Gasteiger charge is 2.44. The topological polar surface area (TPSA) is 85.8 Å². The predicted molar refractivity (Wildman–Crippen MR) is 103 cm³/mol. The van der Waals surface area contributed by atoms with Gasteiger partial charge in [-0.15, -0.1) is 0 Å². The number of benzene rings is 1. The molecular formula is C21H17N5O2. The van der Waals surface area contributed by atoms with Gasteiger partial charge in [-0.25, -0.2) is 14.6 Å². The second-order valence-corrected chi connectivity index (χ2v) is 6.71. The second-order valence-electron chi connectivity index (χ2n) is 6.71. The van der Waals surface area contributed by atoms with Crippen LogP contribution >= 0.6 is 0 Å². The van der Waals surface area contributed by atoms with E-state index in [1.54, 1.807) is 41.5 Å². The molecule has 1 fully saturated rings. The molecule has 1 N–H and O–H groups in total. The summed E-state index contributed by atoms with van der Waals surface area (Å²) in [6.07, 6.45) is 5.86. The number of furan rings is 1. The van der Waals surface area contributed by atoms with Gasteiger partial charge in [-0.2, -0.15) is 5.10 Å². The summed E-state index contributed by atoms with van der Waals surface area (Å²) in [7, 11) is 0. The van der Waals surface area contributed by atoms with E-state index in [1.165, 1.54) is 5.56 Å². The minimum atomic E-state index is -0.0439. The molecule has 1 amide bonds. The largest absolute Gasteiger partial charge is 0.461 e. The van der Waals surface area contributed by atoms with Crippen molar-refractivity contribution in [1.29, 1.82) is 0 Å². The first kappa shape index (κ1) is 16.4. The van der Waals surface area contributed by atoms with E-state index < -0.39 is 0 Å². The maximum Gasteiger partial charge on any atom is 0.229 e. The molecule has 0 bridgehead atoms. The fourth-order valence-corrected chi connectivity index (χ4v) is 3.31. The third kappa shape index (κ3) is 3.18. The summed E-state index contributed by atoms with van der Waals surface area (Å²) in [4.78, 5) is 21.7. The van der Waals surface area contributed by atoms with Crippen LogP contribution < -0.4 is 5.32 Å². The Labute approximate surface area is 161 Å². The van der Waals surface area contributed by atoms with E-state index in [0.29, 0.717) is 23.2 Å². The van der Waals surface area contributed by atoms with Crippen LogP contribution in [0.4, 0.5) is 5.82 Å². The summed E-state index contributed by atoms with van der Waals surface area (Å²) >= 11 is 0.